The molecule has 0 unspecified atom stereocenters. The minimum atomic E-state index is 0.766. The fourth-order valence-electron chi connectivity index (χ4n) is 11.3. The second kappa shape index (κ2) is 17.7. The van der Waals surface area contributed by atoms with Crippen LogP contribution in [-0.2, 0) is 0 Å². The van der Waals surface area contributed by atoms with Gasteiger partial charge in [-0.05, 0) is 187 Å². The van der Waals surface area contributed by atoms with Gasteiger partial charge in [0, 0.05) is 0 Å². The number of rotatable bonds is 18. The number of ether oxygens (including phenoxy) is 2. The van der Waals surface area contributed by atoms with Crippen LogP contribution in [0.1, 0.15) is 133 Å². The van der Waals surface area contributed by atoms with Crippen molar-refractivity contribution in [2.24, 2.45) is 23.7 Å². The van der Waals surface area contributed by atoms with Gasteiger partial charge < -0.3 is 18.4 Å². The van der Waals surface area contributed by atoms with E-state index in [-0.39, 0.29) is 0 Å². The fourth-order valence-corrected chi connectivity index (χ4v) is 11.3. The largest absolute Gasteiger partial charge is 0.494 e. The van der Waals surface area contributed by atoms with Crippen molar-refractivity contribution >= 4 is 5.57 Å². The van der Waals surface area contributed by atoms with E-state index in [1.165, 1.54) is 174 Å². The van der Waals surface area contributed by atoms with E-state index in [0.717, 1.165) is 61.2 Å². The lowest BCUT2D eigenvalue weighted by Gasteiger charge is -2.52. The monoisotopic (exact) mass is 697 g/mol. The quantitative estimate of drug-likeness (QED) is 0.114. The molecule has 4 saturated carbocycles. The molecule has 4 heteroatoms. The Morgan fingerprint density at radius 2 is 0.882 bits per heavy atom. The maximum atomic E-state index is 6.28. The van der Waals surface area contributed by atoms with Crippen molar-refractivity contribution in [3.8, 4) is 11.5 Å². The van der Waals surface area contributed by atoms with Gasteiger partial charge in [-0.15, -0.1) is 0 Å². The first-order valence-electron chi connectivity index (χ1n) is 21.8. The van der Waals surface area contributed by atoms with Crippen LogP contribution in [0.4, 0.5) is 0 Å². The van der Waals surface area contributed by atoms with E-state index in [9.17, 15) is 0 Å². The molecule has 2 aromatic carbocycles. The zero-order valence-electron chi connectivity index (χ0n) is 32.7. The summed E-state index contributed by atoms with van der Waals surface area (Å²) in [7, 11) is 4.95. The van der Waals surface area contributed by atoms with Crippen molar-refractivity contribution in [1.82, 2.24) is 0 Å². The van der Waals surface area contributed by atoms with Gasteiger partial charge in [-0.25, -0.2) is 0 Å². The zero-order valence-corrected chi connectivity index (χ0v) is 32.7. The molecule has 6 fully saturated rings. The molecule has 0 aromatic heterocycles. The molecule has 0 N–H and O–H groups in total. The van der Waals surface area contributed by atoms with Crippen LogP contribution in [0.25, 0.3) is 5.57 Å². The number of hydrogen-bond acceptors (Lipinski definition) is 2. The SMILES string of the molecule is C[N+]1(CCCCCCOc2ccc(C(=C3C4CC5CC(C4)CC3C5)c3ccc(OCCCCCC[N+]4(C)CCCCC4)cc3)cc2)CCCCC1. The van der Waals surface area contributed by atoms with Crippen molar-refractivity contribution in [1.29, 1.82) is 0 Å². The molecule has 0 spiro atoms. The molecule has 2 aromatic rings. The lowest BCUT2D eigenvalue weighted by atomic mass is 9.53. The van der Waals surface area contributed by atoms with Crippen molar-refractivity contribution in [2.75, 3.05) is 66.6 Å². The normalized spacial score (nSPS) is 26.3. The second-order valence-electron chi connectivity index (χ2n) is 18.4. The number of piperidine rings is 2. The smallest absolute Gasteiger partial charge is 0.119 e. The summed E-state index contributed by atoms with van der Waals surface area (Å²) in [6, 6.07) is 18.3. The second-order valence-corrected chi connectivity index (χ2v) is 18.4. The molecule has 0 radical (unpaired) electrons. The zero-order chi connectivity index (χ0) is 34.9. The molecule has 4 bridgehead atoms. The van der Waals surface area contributed by atoms with Crippen molar-refractivity contribution in [2.45, 2.75) is 122 Å². The van der Waals surface area contributed by atoms with Gasteiger partial charge in [0.25, 0.3) is 0 Å². The third kappa shape index (κ3) is 10.0. The van der Waals surface area contributed by atoms with Gasteiger partial charge in [0.15, 0.2) is 0 Å². The highest BCUT2D eigenvalue weighted by Crippen LogP contribution is 2.58. The number of likely N-dealkylation sites (tertiary alicyclic amines) is 2. The molecule has 280 valence electrons. The average Bonchev–Trinajstić information content (AvgIpc) is 3.13. The van der Waals surface area contributed by atoms with E-state index < -0.39 is 0 Å². The van der Waals surface area contributed by atoms with Crippen LogP contribution in [0.2, 0.25) is 0 Å². The van der Waals surface area contributed by atoms with Gasteiger partial charge in [-0.3, -0.25) is 0 Å². The van der Waals surface area contributed by atoms with Crippen LogP contribution in [0.5, 0.6) is 11.5 Å². The van der Waals surface area contributed by atoms with Gasteiger partial charge >= 0.3 is 0 Å². The number of nitrogens with zero attached hydrogens (tertiary/aromatic N) is 2. The Balaban J connectivity index is 0.912. The number of hydrogen-bond donors (Lipinski definition) is 0. The van der Waals surface area contributed by atoms with Crippen molar-refractivity contribution in [3.63, 3.8) is 0 Å². The highest BCUT2D eigenvalue weighted by Gasteiger charge is 2.46. The molecule has 6 aliphatic rings. The first-order valence-corrected chi connectivity index (χ1v) is 21.8. The van der Waals surface area contributed by atoms with Gasteiger partial charge in [0.05, 0.1) is 66.6 Å². The summed E-state index contributed by atoms with van der Waals surface area (Å²) < 4.78 is 15.2. The maximum Gasteiger partial charge on any atom is 0.119 e. The first-order chi connectivity index (χ1) is 25.0. The summed E-state index contributed by atoms with van der Waals surface area (Å²) in [5.41, 5.74) is 6.02. The van der Waals surface area contributed by atoms with E-state index in [1.54, 1.807) is 5.57 Å². The molecular formula is C47H72N2O2+2. The van der Waals surface area contributed by atoms with E-state index in [4.69, 9.17) is 9.47 Å². The number of quaternary nitrogens is 2. The molecule has 2 heterocycles. The summed E-state index contributed by atoms with van der Waals surface area (Å²) >= 11 is 0. The van der Waals surface area contributed by atoms with Crippen molar-refractivity contribution < 1.29 is 18.4 Å². The van der Waals surface area contributed by atoms with Crippen LogP contribution in [0, 0.1) is 23.7 Å². The Morgan fingerprint density at radius 3 is 1.29 bits per heavy atom. The van der Waals surface area contributed by atoms with Crippen molar-refractivity contribution in [3.05, 3.63) is 65.2 Å². The summed E-state index contributed by atoms with van der Waals surface area (Å²) in [6.07, 6.45) is 25.9. The molecule has 8 rings (SSSR count). The average molecular weight is 697 g/mol. The highest BCUT2D eigenvalue weighted by atomic mass is 16.5. The lowest BCUT2D eigenvalue weighted by molar-refractivity contribution is -0.914. The molecule has 0 atom stereocenters. The van der Waals surface area contributed by atoms with Gasteiger partial charge in [0.1, 0.15) is 11.5 Å². The molecule has 4 aliphatic carbocycles. The van der Waals surface area contributed by atoms with E-state index in [2.05, 4.69) is 62.6 Å². The Bertz CT molecular complexity index is 1270. The summed E-state index contributed by atoms with van der Waals surface area (Å²) in [6.45, 7) is 9.92. The number of allylic oxidation sites excluding steroid dienone is 1. The summed E-state index contributed by atoms with van der Waals surface area (Å²) in [5, 5.41) is 0. The Kier molecular flexibility index (Phi) is 12.8. The maximum absolute atomic E-state index is 6.28. The highest BCUT2D eigenvalue weighted by molar-refractivity contribution is 5.83. The standard InChI is InChI=1S/C47H72N2O2/c1-48(27-11-7-12-28-48)25-9-3-5-15-31-50-44-21-17-40(18-22-44)46(47-42-34-38-33-39(36-42)37-43(47)35-38)41-19-23-45(24-20-41)51-32-16-6-4-10-26-49(2)29-13-8-14-30-49/h17-24,38-39,42-43H,3-16,25-37H2,1-2H3/q+2. The third-order valence-corrected chi connectivity index (χ3v) is 14.1. The van der Waals surface area contributed by atoms with Crippen LogP contribution in [0.3, 0.4) is 0 Å². The third-order valence-electron chi connectivity index (χ3n) is 14.1. The fraction of sp³-hybridized carbons (Fsp3) is 0.702. The minimum absolute atomic E-state index is 0.766. The van der Waals surface area contributed by atoms with Crippen LogP contribution in [0.15, 0.2) is 54.1 Å². The summed E-state index contributed by atoms with van der Waals surface area (Å²) in [4.78, 5) is 0. The minimum Gasteiger partial charge on any atom is -0.494 e. The van der Waals surface area contributed by atoms with Crippen LogP contribution < -0.4 is 9.47 Å². The Labute approximate surface area is 312 Å². The molecular weight excluding hydrogens is 625 g/mol. The molecule has 0 amide bonds. The predicted molar refractivity (Wildman–Crippen MR) is 213 cm³/mol. The van der Waals surface area contributed by atoms with E-state index in [1.807, 2.05) is 0 Å². The van der Waals surface area contributed by atoms with E-state index >= 15 is 0 Å². The number of benzene rings is 2. The van der Waals surface area contributed by atoms with Gasteiger partial charge in [0.2, 0.25) is 0 Å². The topological polar surface area (TPSA) is 18.5 Å². The van der Waals surface area contributed by atoms with E-state index in [0.29, 0.717) is 0 Å². The van der Waals surface area contributed by atoms with Crippen LogP contribution in [-0.4, -0.2) is 75.5 Å². The number of unbranched alkanes of at least 4 members (excludes halogenated alkanes) is 6. The molecule has 2 saturated heterocycles. The molecule has 2 aliphatic heterocycles. The lowest BCUT2D eigenvalue weighted by Crippen LogP contribution is -2.48. The molecule has 4 nitrogen and oxygen atoms in total. The van der Waals surface area contributed by atoms with Gasteiger partial charge in [-0.1, -0.05) is 29.8 Å². The summed E-state index contributed by atoms with van der Waals surface area (Å²) in [5.74, 6) is 5.50. The van der Waals surface area contributed by atoms with Crippen LogP contribution >= 0.6 is 0 Å². The Morgan fingerprint density at radius 1 is 0.490 bits per heavy atom. The Hall–Kier alpha value is -2.30. The first kappa shape index (κ1) is 37.0. The van der Waals surface area contributed by atoms with Gasteiger partial charge in [-0.2, -0.15) is 0 Å². The molecule has 51 heavy (non-hydrogen) atoms. The predicted octanol–water partition coefficient (Wildman–Crippen LogP) is 11.1.